The van der Waals surface area contributed by atoms with E-state index in [0.717, 1.165) is 44.7 Å². The standard InChI is InChI=1S/C16H24N4O/c1-16(7-2-3-8-16)14(21)19-13-6-4-11-20(12-13)15-17-9-5-10-18-15/h5,9-10,13H,2-4,6-8,11-12H2,1H3,(H,19,21). The van der Waals surface area contributed by atoms with Crippen LogP contribution in [0.5, 0.6) is 0 Å². The van der Waals surface area contributed by atoms with Gasteiger partial charge < -0.3 is 10.2 Å². The van der Waals surface area contributed by atoms with Gasteiger partial charge in [0.05, 0.1) is 0 Å². The molecule has 2 aliphatic rings. The summed E-state index contributed by atoms with van der Waals surface area (Å²) >= 11 is 0. The fraction of sp³-hybridized carbons (Fsp3) is 0.688. The van der Waals surface area contributed by atoms with Gasteiger partial charge in [-0.1, -0.05) is 19.8 Å². The van der Waals surface area contributed by atoms with Crippen molar-refractivity contribution in [1.29, 1.82) is 0 Å². The Morgan fingerprint density at radius 2 is 2.00 bits per heavy atom. The minimum atomic E-state index is -0.147. The molecule has 1 aromatic heterocycles. The molecule has 1 atom stereocenters. The quantitative estimate of drug-likeness (QED) is 0.926. The van der Waals surface area contributed by atoms with Crippen LogP contribution in [-0.2, 0) is 4.79 Å². The van der Waals surface area contributed by atoms with E-state index in [-0.39, 0.29) is 17.4 Å². The van der Waals surface area contributed by atoms with Crippen molar-refractivity contribution in [1.82, 2.24) is 15.3 Å². The van der Waals surface area contributed by atoms with Crippen LogP contribution >= 0.6 is 0 Å². The number of nitrogens with zero attached hydrogens (tertiary/aromatic N) is 3. The molecule has 5 nitrogen and oxygen atoms in total. The maximum absolute atomic E-state index is 12.5. The van der Waals surface area contributed by atoms with Gasteiger partial charge in [0, 0.05) is 36.9 Å². The summed E-state index contributed by atoms with van der Waals surface area (Å²) in [5.74, 6) is 1.00. The fourth-order valence-electron chi connectivity index (χ4n) is 3.47. The first-order valence-corrected chi connectivity index (χ1v) is 8.00. The number of carbonyl (C=O) groups is 1. The van der Waals surface area contributed by atoms with Gasteiger partial charge in [-0.2, -0.15) is 0 Å². The van der Waals surface area contributed by atoms with E-state index in [4.69, 9.17) is 0 Å². The van der Waals surface area contributed by atoms with Gasteiger partial charge in [0.15, 0.2) is 0 Å². The van der Waals surface area contributed by atoms with Crippen LogP contribution in [0.4, 0.5) is 5.95 Å². The lowest BCUT2D eigenvalue weighted by atomic mass is 9.87. The zero-order valence-electron chi connectivity index (χ0n) is 12.7. The van der Waals surface area contributed by atoms with Crippen molar-refractivity contribution in [2.45, 2.75) is 51.5 Å². The van der Waals surface area contributed by atoms with Crippen LogP contribution < -0.4 is 10.2 Å². The second-order valence-corrected chi connectivity index (χ2v) is 6.58. The van der Waals surface area contributed by atoms with Gasteiger partial charge in [-0.15, -0.1) is 0 Å². The highest BCUT2D eigenvalue weighted by atomic mass is 16.2. The monoisotopic (exact) mass is 288 g/mol. The van der Waals surface area contributed by atoms with Crippen LogP contribution in [0, 0.1) is 5.41 Å². The van der Waals surface area contributed by atoms with Gasteiger partial charge in [0.2, 0.25) is 11.9 Å². The number of hydrogen-bond donors (Lipinski definition) is 1. The number of amides is 1. The number of aromatic nitrogens is 2. The first-order chi connectivity index (χ1) is 10.2. The SMILES string of the molecule is CC1(C(=O)NC2CCCN(c3ncccn3)C2)CCCC1. The van der Waals surface area contributed by atoms with Gasteiger partial charge in [-0.05, 0) is 31.7 Å². The second-order valence-electron chi connectivity index (χ2n) is 6.58. The van der Waals surface area contributed by atoms with Crippen molar-refractivity contribution in [2.24, 2.45) is 5.41 Å². The van der Waals surface area contributed by atoms with E-state index in [0.29, 0.717) is 0 Å². The number of nitrogens with one attached hydrogen (secondary N) is 1. The van der Waals surface area contributed by atoms with Crippen molar-refractivity contribution in [3.05, 3.63) is 18.5 Å². The summed E-state index contributed by atoms with van der Waals surface area (Å²) in [7, 11) is 0. The molecule has 0 spiro atoms. The zero-order valence-corrected chi connectivity index (χ0v) is 12.7. The third-order valence-electron chi connectivity index (χ3n) is 4.85. The summed E-state index contributed by atoms with van der Waals surface area (Å²) in [6.45, 7) is 3.88. The Bertz CT molecular complexity index is 484. The highest BCUT2D eigenvalue weighted by Crippen LogP contribution is 2.37. The molecule has 1 saturated heterocycles. The lowest BCUT2D eigenvalue weighted by molar-refractivity contribution is -0.130. The lowest BCUT2D eigenvalue weighted by Crippen LogP contribution is -2.51. The van der Waals surface area contributed by atoms with Crippen LogP contribution in [0.25, 0.3) is 0 Å². The summed E-state index contributed by atoms with van der Waals surface area (Å²) < 4.78 is 0. The third-order valence-corrected chi connectivity index (χ3v) is 4.85. The zero-order chi connectivity index (χ0) is 14.7. The van der Waals surface area contributed by atoms with E-state index in [1.165, 1.54) is 12.8 Å². The Hall–Kier alpha value is -1.65. The van der Waals surface area contributed by atoms with Gasteiger partial charge in [-0.25, -0.2) is 9.97 Å². The molecule has 114 valence electrons. The minimum Gasteiger partial charge on any atom is -0.351 e. The molecular weight excluding hydrogens is 264 g/mol. The Morgan fingerprint density at radius 1 is 1.29 bits per heavy atom. The van der Waals surface area contributed by atoms with Crippen LogP contribution in [0.1, 0.15) is 45.4 Å². The van der Waals surface area contributed by atoms with Crippen molar-refractivity contribution in [3.63, 3.8) is 0 Å². The Labute approximate surface area is 126 Å². The molecule has 1 amide bonds. The normalized spacial score (nSPS) is 24.8. The van der Waals surface area contributed by atoms with Gasteiger partial charge in [0.1, 0.15) is 0 Å². The maximum atomic E-state index is 12.5. The Morgan fingerprint density at radius 3 is 2.71 bits per heavy atom. The molecule has 2 fully saturated rings. The van der Waals surface area contributed by atoms with Crippen LogP contribution in [0.15, 0.2) is 18.5 Å². The van der Waals surface area contributed by atoms with E-state index in [1.807, 2.05) is 6.07 Å². The number of piperidine rings is 1. The molecule has 3 rings (SSSR count). The number of hydrogen-bond acceptors (Lipinski definition) is 4. The molecule has 1 aliphatic heterocycles. The van der Waals surface area contributed by atoms with E-state index in [9.17, 15) is 4.79 Å². The average molecular weight is 288 g/mol. The third kappa shape index (κ3) is 3.17. The molecule has 0 aromatic carbocycles. The average Bonchev–Trinajstić information content (AvgIpc) is 2.97. The van der Waals surface area contributed by atoms with Gasteiger partial charge in [0.25, 0.3) is 0 Å². The molecule has 1 saturated carbocycles. The highest BCUT2D eigenvalue weighted by molar-refractivity contribution is 5.82. The predicted molar refractivity (Wildman–Crippen MR) is 82.0 cm³/mol. The van der Waals surface area contributed by atoms with Crippen molar-refractivity contribution < 1.29 is 4.79 Å². The Balaban J connectivity index is 1.60. The number of carbonyl (C=O) groups excluding carboxylic acids is 1. The summed E-state index contributed by atoms with van der Waals surface area (Å²) in [4.78, 5) is 23.3. The molecule has 0 bridgehead atoms. The highest BCUT2D eigenvalue weighted by Gasteiger charge is 2.37. The van der Waals surface area contributed by atoms with E-state index < -0.39 is 0 Å². The molecule has 1 aromatic rings. The maximum Gasteiger partial charge on any atom is 0.226 e. The molecule has 0 radical (unpaired) electrons. The first kappa shape index (κ1) is 14.3. The topological polar surface area (TPSA) is 58.1 Å². The van der Waals surface area contributed by atoms with Crippen molar-refractivity contribution in [3.8, 4) is 0 Å². The lowest BCUT2D eigenvalue weighted by Gasteiger charge is -2.35. The molecule has 1 N–H and O–H groups in total. The summed E-state index contributed by atoms with van der Waals surface area (Å²) in [6, 6.07) is 2.04. The number of anilines is 1. The Kier molecular flexibility index (Phi) is 4.08. The van der Waals surface area contributed by atoms with Crippen LogP contribution in [0.3, 0.4) is 0 Å². The molecule has 21 heavy (non-hydrogen) atoms. The largest absolute Gasteiger partial charge is 0.351 e. The molecule has 1 aliphatic carbocycles. The van der Waals surface area contributed by atoms with E-state index in [2.05, 4.69) is 27.1 Å². The fourth-order valence-corrected chi connectivity index (χ4v) is 3.47. The summed E-state index contributed by atoms with van der Waals surface area (Å²) in [5.41, 5.74) is -0.147. The van der Waals surface area contributed by atoms with Gasteiger partial charge in [-0.3, -0.25) is 4.79 Å². The van der Waals surface area contributed by atoms with Crippen molar-refractivity contribution in [2.75, 3.05) is 18.0 Å². The molecule has 5 heteroatoms. The molecule has 2 heterocycles. The first-order valence-electron chi connectivity index (χ1n) is 8.00. The van der Waals surface area contributed by atoms with E-state index in [1.54, 1.807) is 12.4 Å². The smallest absolute Gasteiger partial charge is 0.226 e. The predicted octanol–water partition coefficient (Wildman–Crippen LogP) is 2.14. The molecular formula is C16H24N4O. The van der Waals surface area contributed by atoms with Crippen LogP contribution in [0.2, 0.25) is 0 Å². The van der Waals surface area contributed by atoms with Crippen molar-refractivity contribution >= 4 is 11.9 Å². The van der Waals surface area contributed by atoms with E-state index >= 15 is 0 Å². The van der Waals surface area contributed by atoms with Crippen LogP contribution in [-0.4, -0.2) is 35.0 Å². The summed E-state index contributed by atoms with van der Waals surface area (Å²) in [5, 5.41) is 3.26. The summed E-state index contributed by atoms with van der Waals surface area (Å²) in [6.07, 6.45) is 10.1. The number of rotatable bonds is 3. The van der Waals surface area contributed by atoms with Gasteiger partial charge >= 0.3 is 0 Å². The second kappa shape index (κ2) is 6.00. The minimum absolute atomic E-state index is 0.147. The molecule has 1 unspecified atom stereocenters.